The summed E-state index contributed by atoms with van der Waals surface area (Å²) in [5.74, 6) is 0.0193. The van der Waals surface area contributed by atoms with Crippen LogP contribution in [0.5, 0.6) is 0 Å². The molecule has 1 amide bonds. The van der Waals surface area contributed by atoms with E-state index in [1.54, 1.807) is 19.4 Å². The molecule has 2 aliphatic rings. The topological polar surface area (TPSA) is 92.4 Å². The summed E-state index contributed by atoms with van der Waals surface area (Å²) in [6, 6.07) is 10.4. The molecule has 3 aromatic heterocycles. The van der Waals surface area contributed by atoms with Gasteiger partial charge in [0.05, 0.1) is 31.6 Å². The van der Waals surface area contributed by atoms with Crippen molar-refractivity contribution in [1.82, 2.24) is 25.2 Å². The van der Waals surface area contributed by atoms with Crippen molar-refractivity contribution >= 4 is 16.9 Å². The van der Waals surface area contributed by atoms with E-state index in [2.05, 4.69) is 45.4 Å². The number of H-pyrrole nitrogens is 1. The molecule has 190 valence electrons. The lowest BCUT2D eigenvalue weighted by atomic mass is 9.87. The van der Waals surface area contributed by atoms with Crippen molar-refractivity contribution in [2.75, 3.05) is 33.4 Å². The Morgan fingerprint density at radius 3 is 2.97 bits per heavy atom. The minimum atomic E-state index is 0.0193. The zero-order valence-electron chi connectivity index (χ0n) is 21.2. The summed E-state index contributed by atoms with van der Waals surface area (Å²) in [7, 11) is 1.63. The van der Waals surface area contributed by atoms with Crippen molar-refractivity contribution in [3.63, 3.8) is 0 Å². The fourth-order valence-electron chi connectivity index (χ4n) is 5.43. The normalized spacial score (nSPS) is 17.7. The van der Waals surface area contributed by atoms with Gasteiger partial charge in [0.25, 0.3) is 5.91 Å². The molecule has 0 unspecified atom stereocenters. The van der Waals surface area contributed by atoms with Crippen LogP contribution in [-0.4, -0.2) is 59.2 Å². The molecule has 1 fully saturated rings. The van der Waals surface area contributed by atoms with Gasteiger partial charge in [-0.05, 0) is 65.4 Å². The lowest BCUT2D eigenvalue weighted by Crippen LogP contribution is -2.39. The van der Waals surface area contributed by atoms with Crippen LogP contribution in [0.25, 0.3) is 22.2 Å². The zero-order chi connectivity index (χ0) is 25.4. The summed E-state index contributed by atoms with van der Waals surface area (Å²) >= 11 is 0. The predicted molar refractivity (Wildman–Crippen MR) is 141 cm³/mol. The van der Waals surface area contributed by atoms with Crippen molar-refractivity contribution in [2.45, 2.75) is 32.5 Å². The molecule has 5 heterocycles. The number of rotatable bonds is 5. The molecule has 2 N–H and O–H groups in total. The van der Waals surface area contributed by atoms with E-state index < -0.39 is 0 Å². The molecule has 0 radical (unpaired) electrons. The average Bonchev–Trinajstić information content (AvgIpc) is 3.32. The summed E-state index contributed by atoms with van der Waals surface area (Å²) < 4.78 is 11.0. The second-order valence-electron chi connectivity index (χ2n) is 9.82. The molecular weight excluding hydrogens is 466 g/mol. The van der Waals surface area contributed by atoms with Crippen LogP contribution in [0, 0.1) is 6.92 Å². The van der Waals surface area contributed by atoms with Gasteiger partial charge >= 0.3 is 0 Å². The Hall–Kier alpha value is -3.59. The minimum absolute atomic E-state index is 0.0193. The number of carbonyl (C=O) groups excluding carboxylic acids is 1. The first-order chi connectivity index (χ1) is 18.1. The van der Waals surface area contributed by atoms with Crippen molar-refractivity contribution in [3.8, 4) is 11.1 Å². The molecule has 1 saturated heterocycles. The number of ether oxygens (including phenoxy) is 2. The monoisotopic (exact) mass is 497 g/mol. The van der Waals surface area contributed by atoms with Gasteiger partial charge < -0.3 is 24.7 Å². The van der Waals surface area contributed by atoms with E-state index in [1.165, 1.54) is 22.3 Å². The molecule has 4 aromatic rings. The Bertz CT molecular complexity index is 1460. The number of nitrogens with zero attached hydrogens (tertiary/aromatic N) is 3. The number of nitrogens with one attached hydrogen (secondary N) is 2. The van der Waals surface area contributed by atoms with Crippen LogP contribution in [-0.2, 0) is 29.0 Å². The van der Waals surface area contributed by atoms with Gasteiger partial charge in [-0.1, -0.05) is 6.07 Å². The predicted octanol–water partition coefficient (Wildman–Crippen LogP) is 3.94. The first kappa shape index (κ1) is 23.8. The molecule has 0 aliphatic carbocycles. The zero-order valence-corrected chi connectivity index (χ0v) is 21.2. The number of aromatic nitrogens is 3. The molecule has 0 spiro atoms. The van der Waals surface area contributed by atoms with E-state index in [1.807, 2.05) is 23.4 Å². The maximum atomic E-state index is 13.5. The van der Waals surface area contributed by atoms with Crippen LogP contribution in [0.3, 0.4) is 0 Å². The third kappa shape index (κ3) is 4.64. The third-order valence-electron chi connectivity index (χ3n) is 7.39. The molecule has 37 heavy (non-hydrogen) atoms. The summed E-state index contributed by atoms with van der Waals surface area (Å²) in [6.45, 7) is 5.84. The highest BCUT2D eigenvalue weighted by Gasteiger charge is 2.28. The molecule has 1 atom stereocenters. The summed E-state index contributed by atoms with van der Waals surface area (Å²) in [4.78, 5) is 27.6. The summed E-state index contributed by atoms with van der Waals surface area (Å²) in [6.07, 6.45) is 6.41. The number of methoxy groups -OCH3 is 1. The van der Waals surface area contributed by atoms with Crippen molar-refractivity contribution in [2.24, 2.45) is 0 Å². The number of benzene rings is 1. The van der Waals surface area contributed by atoms with Crippen LogP contribution in [0.4, 0.5) is 0 Å². The highest BCUT2D eigenvalue weighted by atomic mass is 16.5. The minimum Gasteiger partial charge on any atom is -0.378 e. The largest absolute Gasteiger partial charge is 0.378 e. The standard InChI is InChI=1S/C29H31N5O3/c1-18-13-32-28-24(18)12-22(14-33-28)21-9-19-4-7-34(29(35)20-3-5-30-23(10-20)16-36-2)15-26(19)25(11-21)27-17-37-8-6-31-27/h3,5,9-14,27,31H,4,6-8,15-17H2,1-2H3,(H,32,33)/t27-/m0/s1. The highest BCUT2D eigenvalue weighted by Crippen LogP contribution is 2.35. The first-order valence-electron chi connectivity index (χ1n) is 12.7. The molecule has 6 rings (SSSR count). The van der Waals surface area contributed by atoms with E-state index in [-0.39, 0.29) is 11.9 Å². The van der Waals surface area contributed by atoms with Crippen LogP contribution in [0.2, 0.25) is 0 Å². The van der Waals surface area contributed by atoms with Crippen LogP contribution in [0.15, 0.2) is 48.9 Å². The van der Waals surface area contributed by atoms with Gasteiger partial charge in [0.15, 0.2) is 0 Å². The fourth-order valence-corrected chi connectivity index (χ4v) is 5.43. The van der Waals surface area contributed by atoms with Gasteiger partial charge in [0, 0.05) is 61.8 Å². The van der Waals surface area contributed by atoms with E-state index >= 15 is 0 Å². The fraction of sp³-hybridized carbons (Fsp3) is 0.345. The van der Waals surface area contributed by atoms with Crippen molar-refractivity contribution in [1.29, 1.82) is 0 Å². The number of hydrogen-bond acceptors (Lipinski definition) is 6. The molecule has 2 aliphatic heterocycles. The molecule has 1 aromatic carbocycles. The van der Waals surface area contributed by atoms with Gasteiger partial charge in [-0.2, -0.15) is 0 Å². The van der Waals surface area contributed by atoms with Gasteiger partial charge in [-0.25, -0.2) is 4.98 Å². The Morgan fingerprint density at radius 1 is 1.22 bits per heavy atom. The maximum Gasteiger partial charge on any atom is 0.254 e. The Balaban J connectivity index is 1.37. The number of amides is 1. The lowest BCUT2D eigenvalue weighted by molar-refractivity contribution is 0.0715. The Labute approximate surface area is 216 Å². The quantitative estimate of drug-likeness (QED) is 0.434. The lowest BCUT2D eigenvalue weighted by Gasteiger charge is -2.34. The van der Waals surface area contributed by atoms with Gasteiger partial charge in [0.1, 0.15) is 5.65 Å². The smallest absolute Gasteiger partial charge is 0.254 e. The maximum absolute atomic E-state index is 13.5. The molecule has 0 saturated carbocycles. The highest BCUT2D eigenvalue weighted by molar-refractivity contribution is 5.94. The number of fused-ring (bicyclic) bond motifs is 2. The number of pyridine rings is 2. The van der Waals surface area contributed by atoms with E-state index in [4.69, 9.17) is 9.47 Å². The number of aryl methyl sites for hydroxylation is 1. The Kier molecular flexibility index (Phi) is 6.46. The van der Waals surface area contributed by atoms with Crippen LogP contribution < -0.4 is 5.32 Å². The SMILES string of the molecule is COCc1cc(C(=O)N2CCc3cc(-c4cnc5[nH]cc(C)c5c4)cc([C@@H]4COCCN4)c3C2)ccn1. The van der Waals surface area contributed by atoms with Crippen LogP contribution in [0.1, 0.15) is 44.3 Å². The molecule has 8 nitrogen and oxygen atoms in total. The number of carbonyl (C=O) groups is 1. The summed E-state index contributed by atoms with van der Waals surface area (Å²) in [5.41, 5.74) is 9.42. The molecule has 8 heteroatoms. The van der Waals surface area contributed by atoms with E-state index in [0.29, 0.717) is 38.5 Å². The van der Waals surface area contributed by atoms with Gasteiger partial charge in [-0.3, -0.25) is 9.78 Å². The van der Waals surface area contributed by atoms with Crippen molar-refractivity contribution in [3.05, 3.63) is 82.4 Å². The van der Waals surface area contributed by atoms with Crippen molar-refractivity contribution < 1.29 is 14.3 Å². The van der Waals surface area contributed by atoms with Crippen LogP contribution >= 0.6 is 0 Å². The van der Waals surface area contributed by atoms with Gasteiger partial charge in [-0.15, -0.1) is 0 Å². The van der Waals surface area contributed by atoms with Gasteiger partial charge in [0.2, 0.25) is 0 Å². The van der Waals surface area contributed by atoms with E-state index in [0.717, 1.165) is 40.8 Å². The first-order valence-corrected chi connectivity index (χ1v) is 12.7. The molecular formula is C29H31N5O3. The second-order valence-corrected chi connectivity index (χ2v) is 9.82. The number of morpholine rings is 1. The molecule has 0 bridgehead atoms. The Morgan fingerprint density at radius 2 is 2.14 bits per heavy atom. The summed E-state index contributed by atoms with van der Waals surface area (Å²) in [5, 5.41) is 4.76. The number of aromatic amines is 1. The third-order valence-corrected chi connectivity index (χ3v) is 7.39. The second kappa shape index (κ2) is 10.0. The van der Waals surface area contributed by atoms with E-state index in [9.17, 15) is 4.79 Å². The average molecular weight is 498 g/mol. The number of hydrogen-bond donors (Lipinski definition) is 2.